The lowest BCUT2D eigenvalue weighted by molar-refractivity contribution is -0.118. The molecule has 0 unspecified atom stereocenters. The minimum absolute atomic E-state index is 0.0908. The predicted molar refractivity (Wildman–Crippen MR) is 121 cm³/mol. The van der Waals surface area contributed by atoms with Crippen LogP contribution in [0.2, 0.25) is 5.02 Å². The van der Waals surface area contributed by atoms with Gasteiger partial charge in [-0.1, -0.05) is 42.8 Å². The standard InChI is InChI=1S/C22H27ClN4O4/c1-5-16(25-21(30)31-22(2,3)4)19(28)24-17-13-9-12-15(23)18(17)20(29)27-26-14-10-7-6-8-11-14/h6-13,16,26H,5H2,1-4H3,(H,24,28)(H,25,30)(H,27,29)/t16-/m0/s1. The van der Waals surface area contributed by atoms with E-state index in [-0.39, 0.29) is 16.3 Å². The van der Waals surface area contributed by atoms with Crippen LogP contribution in [0, 0.1) is 0 Å². The molecule has 0 aliphatic heterocycles. The van der Waals surface area contributed by atoms with Crippen LogP contribution in [0.25, 0.3) is 0 Å². The largest absolute Gasteiger partial charge is 0.444 e. The van der Waals surface area contributed by atoms with Gasteiger partial charge in [0.25, 0.3) is 5.91 Å². The molecular weight excluding hydrogens is 420 g/mol. The van der Waals surface area contributed by atoms with E-state index in [1.165, 1.54) is 0 Å². The third-order valence-electron chi connectivity index (χ3n) is 4.01. The molecule has 3 amide bonds. The van der Waals surface area contributed by atoms with E-state index in [2.05, 4.69) is 21.5 Å². The number of hydrogen-bond donors (Lipinski definition) is 4. The van der Waals surface area contributed by atoms with Crippen molar-refractivity contribution in [3.63, 3.8) is 0 Å². The first-order chi connectivity index (χ1) is 14.6. The number of nitrogens with one attached hydrogen (secondary N) is 4. The number of benzene rings is 2. The van der Waals surface area contributed by atoms with Crippen LogP contribution in [0.5, 0.6) is 0 Å². The quantitative estimate of drug-likeness (QED) is 0.473. The Labute approximate surface area is 186 Å². The van der Waals surface area contributed by atoms with E-state index in [1.807, 2.05) is 18.2 Å². The summed E-state index contributed by atoms with van der Waals surface area (Å²) in [6.07, 6.45) is -0.381. The fourth-order valence-corrected chi connectivity index (χ4v) is 2.86. The van der Waals surface area contributed by atoms with Gasteiger partial charge in [0, 0.05) is 0 Å². The number of alkyl carbamates (subject to hydrolysis) is 1. The summed E-state index contributed by atoms with van der Waals surface area (Å²) in [5, 5.41) is 5.37. The Hall–Kier alpha value is -3.26. The van der Waals surface area contributed by atoms with Gasteiger partial charge in [0.1, 0.15) is 11.6 Å². The summed E-state index contributed by atoms with van der Waals surface area (Å²) in [4.78, 5) is 37.5. The highest BCUT2D eigenvalue weighted by Crippen LogP contribution is 2.25. The summed E-state index contributed by atoms with van der Waals surface area (Å²) >= 11 is 6.23. The van der Waals surface area contributed by atoms with Crippen LogP contribution in [0.4, 0.5) is 16.2 Å². The smallest absolute Gasteiger partial charge is 0.408 e. The van der Waals surface area contributed by atoms with Gasteiger partial charge < -0.3 is 15.4 Å². The van der Waals surface area contributed by atoms with Crippen LogP contribution in [0.1, 0.15) is 44.5 Å². The van der Waals surface area contributed by atoms with Gasteiger partial charge >= 0.3 is 6.09 Å². The molecule has 0 spiro atoms. The summed E-state index contributed by atoms with van der Waals surface area (Å²) in [6.45, 7) is 6.94. The highest BCUT2D eigenvalue weighted by Gasteiger charge is 2.25. The van der Waals surface area contributed by atoms with Crippen molar-refractivity contribution in [2.24, 2.45) is 0 Å². The molecule has 4 N–H and O–H groups in total. The highest BCUT2D eigenvalue weighted by atomic mass is 35.5. The number of para-hydroxylation sites is 1. The average Bonchev–Trinajstić information content (AvgIpc) is 2.69. The summed E-state index contributed by atoms with van der Waals surface area (Å²) < 4.78 is 5.20. The molecule has 2 aromatic rings. The fraction of sp³-hybridized carbons (Fsp3) is 0.318. The van der Waals surface area contributed by atoms with E-state index in [9.17, 15) is 14.4 Å². The van der Waals surface area contributed by atoms with Gasteiger partial charge in [-0.3, -0.25) is 20.4 Å². The van der Waals surface area contributed by atoms with E-state index in [0.29, 0.717) is 12.1 Å². The molecule has 31 heavy (non-hydrogen) atoms. The van der Waals surface area contributed by atoms with Crippen molar-refractivity contribution in [3.05, 3.63) is 59.1 Å². The molecule has 0 saturated heterocycles. The van der Waals surface area contributed by atoms with Crippen LogP contribution in [0.3, 0.4) is 0 Å². The summed E-state index contributed by atoms with van der Waals surface area (Å²) in [5.41, 5.74) is 5.64. The molecule has 8 nitrogen and oxygen atoms in total. The Balaban J connectivity index is 2.11. The summed E-state index contributed by atoms with van der Waals surface area (Å²) in [7, 11) is 0. The Morgan fingerprint density at radius 2 is 1.71 bits per heavy atom. The minimum atomic E-state index is -0.854. The number of carbonyl (C=O) groups is 3. The van der Waals surface area contributed by atoms with E-state index in [1.54, 1.807) is 58.0 Å². The highest BCUT2D eigenvalue weighted by molar-refractivity contribution is 6.34. The molecule has 166 valence electrons. The zero-order valence-corrected chi connectivity index (χ0v) is 18.7. The van der Waals surface area contributed by atoms with Crippen molar-refractivity contribution >= 4 is 40.9 Å². The Morgan fingerprint density at radius 3 is 2.32 bits per heavy atom. The second kappa shape index (κ2) is 10.7. The van der Waals surface area contributed by atoms with Crippen molar-refractivity contribution in [1.82, 2.24) is 10.7 Å². The summed E-state index contributed by atoms with van der Waals surface area (Å²) in [6, 6.07) is 12.9. The molecule has 0 radical (unpaired) electrons. The van der Waals surface area contributed by atoms with Crippen molar-refractivity contribution in [3.8, 4) is 0 Å². The lowest BCUT2D eigenvalue weighted by Crippen LogP contribution is -2.45. The topological polar surface area (TPSA) is 109 Å². The third kappa shape index (κ3) is 7.49. The number of rotatable bonds is 7. The first kappa shape index (κ1) is 24.0. The molecule has 2 aromatic carbocycles. The molecule has 0 fully saturated rings. The minimum Gasteiger partial charge on any atom is -0.444 e. The Bertz CT molecular complexity index is 929. The molecular formula is C22H27ClN4O4. The fourth-order valence-electron chi connectivity index (χ4n) is 2.59. The van der Waals surface area contributed by atoms with Gasteiger partial charge in [0.05, 0.1) is 22.0 Å². The molecule has 2 rings (SSSR count). The van der Waals surface area contributed by atoms with Crippen LogP contribution in [0.15, 0.2) is 48.5 Å². The second-order valence-corrected chi connectivity index (χ2v) is 8.11. The zero-order valence-electron chi connectivity index (χ0n) is 17.9. The van der Waals surface area contributed by atoms with Crippen molar-refractivity contribution in [2.45, 2.75) is 45.8 Å². The Kier molecular flexibility index (Phi) is 8.27. The molecule has 1 atom stereocenters. The van der Waals surface area contributed by atoms with E-state index < -0.39 is 29.6 Å². The lowest BCUT2D eigenvalue weighted by Gasteiger charge is -2.23. The van der Waals surface area contributed by atoms with Gasteiger partial charge in [-0.05, 0) is 51.5 Å². The Morgan fingerprint density at radius 1 is 1.03 bits per heavy atom. The van der Waals surface area contributed by atoms with Gasteiger partial charge in [0.15, 0.2) is 0 Å². The first-order valence-corrected chi connectivity index (χ1v) is 10.2. The van der Waals surface area contributed by atoms with E-state index in [4.69, 9.17) is 16.3 Å². The predicted octanol–water partition coefficient (Wildman–Crippen LogP) is 4.34. The molecule has 0 heterocycles. The number of anilines is 2. The van der Waals surface area contributed by atoms with Gasteiger partial charge in [-0.25, -0.2) is 4.79 Å². The van der Waals surface area contributed by atoms with Crippen molar-refractivity contribution in [2.75, 3.05) is 10.7 Å². The molecule has 0 aliphatic rings. The number of amides is 3. The van der Waals surface area contributed by atoms with Crippen molar-refractivity contribution < 1.29 is 19.1 Å². The molecule has 9 heteroatoms. The summed E-state index contributed by atoms with van der Waals surface area (Å²) in [5.74, 6) is -1.03. The maximum atomic E-state index is 12.7. The average molecular weight is 447 g/mol. The van der Waals surface area contributed by atoms with Crippen molar-refractivity contribution in [1.29, 1.82) is 0 Å². The zero-order chi connectivity index (χ0) is 23.0. The number of ether oxygens (including phenoxy) is 1. The SMILES string of the molecule is CC[C@H](NC(=O)OC(C)(C)C)C(=O)Nc1cccc(Cl)c1C(=O)NNc1ccccc1. The maximum absolute atomic E-state index is 12.7. The molecule has 0 aromatic heterocycles. The van der Waals surface area contributed by atoms with E-state index in [0.717, 1.165) is 0 Å². The number of hydrogen-bond acceptors (Lipinski definition) is 5. The molecule has 0 saturated carbocycles. The lowest BCUT2D eigenvalue weighted by atomic mass is 10.1. The normalized spacial score (nSPS) is 11.8. The second-order valence-electron chi connectivity index (χ2n) is 7.70. The van der Waals surface area contributed by atoms with Gasteiger partial charge in [0.2, 0.25) is 5.91 Å². The van der Waals surface area contributed by atoms with Crippen LogP contribution >= 0.6 is 11.6 Å². The first-order valence-electron chi connectivity index (χ1n) is 9.81. The third-order valence-corrected chi connectivity index (χ3v) is 4.32. The van der Waals surface area contributed by atoms with Gasteiger partial charge in [-0.2, -0.15) is 0 Å². The number of halogens is 1. The van der Waals surface area contributed by atoms with Crippen LogP contribution in [-0.4, -0.2) is 29.6 Å². The van der Waals surface area contributed by atoms with Crippen LogP contribution in [-0.2, 0) is 9.53 Å². The van der Waals surface area contributed by atoms with Crippen LogP contribution < -0.4 is 21.5 Å². The maximum Gasteiger partial charge on any atom is 0.408 e. The van der Waals surface area contributed by atoms with E-state index >= 15 is 0 Å². The molecule has 0 aliphatic carbocycles. The monoisotopic (exact) mass is 446 g/mol. The van der Waals surface area contributed by atoms with Gasteiger partial charge in [-0.15, -0.1) is 0 Å². The molecule has 0 bridgehead atoms. The number of hydrazine groups is 1. The number of carbonyl (C=O) groups excluding carboxylic acids is 3.